The first-order chi connectivity index (χ1) is 13.4. The molecule has 0 radical (unpaired) electrons. The maximum atomic E-state index is 12.9. The van der Waals surface area contributed by atoms with Gasteiger partial charge in [-0.15, -0.1) is 10.2 Å². The van der Waals surface area contributed by atoms with Gasteiger partial charge in [0.05, 0.1) is 11.4 Å². The van der Waals surface area contributed by atoms with E-state index in [1.807, 2.05) is 36.4 Å². The van der Waals surface area contributed by atoms with Gasteiger partial charge < -0.3 is 0 Å². The third kappa shape index (κ3) is 3.18. The van der Waals surface area contributed by atoms with Gasteiger partial charge in [0.1, 0.15) is 6.33 Å². The molecule has 0 saturated carbocycles. The molecular formula is C19H12F3N5O. The molecule has 0 bridgehead atoms. The predicted molar refractivity (Wildman–Crippen MR) is 94.7 cm³/mol. The molecule has 0 aliphatic carbocycles. The minimum absolute atomic E-state index is 0.341. The van der Waals surface area contributed by atoms with Gasteiger partial charge in [0, 0.05) is 11.1 Å². The summed E-state index contributed by atoms with van der Waals surface area (Å²) in [7, 11) is 0. The Morgan fingerprint density at radius 1 is 0.893 bits per heavy atom. The van der Waals surface area contributed by atoms with Crippen molar-refractivity contribution in [2.75, 3.05) is 0 Å². The van der Waals surface area contributed by atoms with Crippen LogP contribution in [0.15, 0.2) is 73.1 Å². The van der Waals surface area contributed by atoms with E-state index in [2.05, 4.69) is 15.3 Å². The molecule has 0 spiro atoms. The van der Waals surface area contributed by atoms with Crippen molar-refractivity contribution in [3.05, 3.63) is 73.1 Å². The number of benzene rings is 2. The molecule has 0 N–H and O–H groups in total. The van der Waals surface area contributed by atoms with Crippen molar-refractivity contribution in [2.24, 2.45) is 0 Å². The second-order valence-electron chi connectivity index (χ2n) is 5.86. The number of halogens is 3. The number of nitrogens with zero attached hydrogens (tertiary/aromatic N) is 5. The van der Waals surface area contributed by atoms with Gasteiger partial charge in [0.15, 0.2) is 0 Å². The molecule has 2 aromatic heterocycles. The summed E-state index contributed by atoms with van der Waals surface area (Å²) in [5.74, 6) is -2.44. The SMILES string of the molecule is O=C(n1cnnc1-n1nc(-c2ccccc2)cc1-c1ccccc1)C(F)(F)F. The fourth-order valence-corrected chi connectivity index (χ4v) is 2.75. The highest BCUT2D eigenvalue weighted by atomic mass is 19.4. The van der Waals surface area contributed by atoms with Gasteiger partial charge in [0.2, 0.25) is 0 Å². The largest absolute Gasteiger partial charge is 0.472 e. The molecule has 0 fully saturated rings. The number of carbonyl (C=O) groups excluding carboxylic acids is 1. The van der Waals surface area contributed by atoms with Gasteiger partial charge in [0.25, 0.3) is 5.95 Å². The second kappa shape index (κ2) is 6.76. The van der Waals surface area contributed by atoms with Gasteiger partial charge in [-0.2, -0.15) is 23.0 Å². The van der Waals surface area contributed by atoms with Crippen LogP contribution < -0.4 is 0 Å². The number of aromatic nitrogens is 5. The van der Waals surface area contributed by atoms with Crippen LogP contribution in [0.4, 0.5) is 13.2 Å². The van der Waals surface area contributed by atoms with Gasteiger partial charge in [-0.25, -0.2) is 4.57 Å². The van der Waals surface area contributed by atoms with Gasteiger partial charge >= 0.3 is 12.1 Å². The van der Waals surface area contributed by atoms with Gasteiger partial charge in [-0.3, -0.25) is 4.79 Å². The van der Waals surface area contributed by atoms with Crippen molar-refractivity contribution in [3.63, 3.8) is 0 Å². The molecule has 4 aromatic rings. The Morgan fingerprint density at radius 3 is 2.11 bits per heavy atom. The molecule has 28 heavy (non-hydrogen) atoms. The molecule has 9 heteroatoms. The lowest BCUT2D eigenvalue weighted by atomic mass is 10.1. The molecule has 0 aliphatic rings. The Hall–Kier alpha value is -3.75. The number of hydrogen-bond donors (Lipinski definition) is 0. The van der Waals surface area contributed by atoms with E-state index in [1.54, 1.807) is 30.3 Å². The van der Waals surface area contributed by atoms with Crippen LogP contribution in [0.5, 0.6) is 0 Å². The molecule has 2 aromatic carbocycles. The second-order valence-corrected chi connectivity index (χ2v) is 5.86. The lowest BCUT2D eigenvalue weighted by Crippen LogP contribution is -2.30. The first-order valence-corrected chi connectivity index (χ1v) is 8.18. The monoisotopic (exact) mass is 383 g/mol. The van der Waals surface area contributed by atoms with Crippen LogP contribution >= 0.6 is 0 Å². The van der Waals surface area contributed by atoms with Crippen molar-refractivity contribution in [2.45, 2.75) is 6.18 Å². The zero-order valence-electron chi connectivity index (χ0n) is 14.2. The summed E-state index contributed by atoms with van der Waals surface area (Å²) >= 11 is 0. The number of alkyl halides is 3. The molecule has 4 rings (SSSR count). The molecule has 0 saturated heterocycles. The molecule has 0 atom stereocenters. The molecular weight excluding hydrogens is 371 g/mol. The molecule has 0 aliphatic heterocycles. The zero-order chi connectivity index (χ0) is 19.7. The summed E-state index contributed by atoms with van der Waals surface area (Å²) in [6, 6.07) is 19.8. The van der Waals surface area contributed by atoms with Crippen molar-refractivity contribution in [3.8, 4) is 28.5 Å². The average molecular weight is 383 g/mol. The fourth-order valence-electron chi connectivity index (χ4n) is 2.75. The summed E-state index contributed by atoms with van der Waals surface area (Å²) in [5, 5.41) is 11.6. The van der Waals surface area contributed by atoms with Crippen LogP contribution in [-0.2, 0) is 0 Å². The highest BCUT2D eigenvalue weighted by molar-refractivity contribution is 5.85. The fraction of sp³-hybridized carbons (Fsp3) is 0.0526. The number of carbonyl (C=O) groups is 1. The van der Waals surface area contributed by atoms with Crippen LogP contribution in [0.25, 0.3) is 28.5 Å². The molecule has 0 amide bonds. The molecule has 140 valence electrons. The van der Waals surface area contributed by atoms with Crippen LogP contribution in [-0.4, -0.2) is 36.6 Å². The van der Waals surface area contributed by atoms with Crippen LogP contribution in [0.2, 0.25) is 0 Å². The van der Waals surface area contributed by atoms with Crippen LogP contribution in [0, 0.1) is 0 Å². The topological polar surface area (TPSA) is 65.6 Å². The zero-order valence-corrected chi connectivity index (χ0v) is 14.2. The summed E-state index contributed by atoms with van der Waals surface area (Å²) in [6.45, 7) is 0. The Bertz CT molecular complexity index is 1120. The van der Waals surface area contributed by atoms with E-state index < -0.39 is 12.1 Å². The molecule has 0 unspecified atom stereocenters. The Labute approximate surface area is 156 Å². The maximum absolute atomic E-state index is 12.9. The number of rotatable bonds is 3. The van der Waals surface area contributed by atoms with Crippen LogP contribution in [0.3, 0.4) is 0 Å². The van der Waals surface area contributed by atoms with Crippen molar-refractivity contribution in [1.82, 2.24) is 24.5 Å². The van der Waals surface area contributed by atoms with E-state index in [1.165, 1.54) is 4.68 Å². The lowest BCUT2D eigenvalue weighted by molar-refractivity contribution is -0.0946. The predicted octanol–water partition coefficient (Wildman–Crippen LogP) is 4.00. The molecule has 2 heterocycles. The Kier molecular flexibility index (Phi) is 4.26. The minimum Gasteiger partial charge on any atom is -0.263 e. The summed E-state index contributed by atoms with van der Waals surface area (Å²) < 4.78 is 40.4. The maximum Gasteiger partial charge on any atom is 0.472 e. The van der Waals surface area contributed by atoms with Gasteiger partial charge in [-0.1, -0.05) is 60.7 Å². The van der Waals surface area contributed by atoms with E-state index in [-0.39, 0.29) is 5.95 Å². The van der Waals surface area contributed by atoms with E-state index in [4.69, 9.17) is 0 Å². The smallest absolute Gasteiger partial charge is 0.263 e. The Balaban J connectivity index is 1.92. The van der Waals surface area contributed by atoms with Crippen molar-refractivity contribution in [1.29, 1.82) is 0 Å². The third-order valence-corrected chi connectivity index (χ3v) is 4.03. The highest BCUT2D eigenvalue weighted by Crippen LogP contribution is 2.28. The number of hydrogen-bond acceptors (Lipinski definition) is 4. The van der Waals surface area contributed by atoms with E-state index >= 15 is 0 Å². The quantitative estimate of drug-likeness (QED) is 0.536. The van der Waals surface area contributed by atoms with E-state index in [0.29, 0.717) is 21.5 Å². The first kappa shape index (κ1) is 17.7. The van der Waals surface area contributed by atoms with E-state index in [9.17, 15) is 18.0 Å². The van der Waals surface area contributed by atoms with E-state index in [0.717, 1.165) is 11.9 Å². The summed E-state index contributed by atoms with van der Waals surface area (Å²) in [4.78, 5) is 11.8. The molecule has 6 nitrogen and oxygen atoms in total. The van der Waals surface area contributed by atoms with Crippen molar-refractivity contribution < 1.29 is 18.0 Å². The van der Waals surface area contributed by atoms with Crippen molar-refractivity contribution >= 4 is 5.91 Å². The Morgan fingerprint density at radius 2 is 1.50 bits per heavy atom. The summed E-state index contributed by atoms with van der Waals surface area (Å²) in [6.07, 6.45) is -4.34. The first-order valence-electron chi connectivity index (χ1n) is 8.18. The summed E-state index contributed by atoms with van der Waals surface area (Å²) in [5.41, 5.74) is 2.47. The highest BCUT2D eigenvalue weighted by Gasteiger charge is 2.41. The lowest BCUT2D eigenvalue weighted by Gasteiger charge is -2.10. The van der Waals surface area contributed by atoms with Gasteiger partial charge in [-0.05, 0) is 6.07 Å². The van der Waals surface area contributed by atoms with Crippen LogP contribution in [0.1, 0.15) is 4.79 Å². The minimum atomic E-state index is -5.07. The average Bonchev–Trinajstić information content (AvgIpc) is 3.35. The standard InChI is InChI=1S/C19H12F3N5O/c20-19(21,22)17(28)26-12-23-24-18(26)27-16(14-9-5-2-6-10-14)11-15(25-27)13-7-3-1-4-8-13/h1-12H. The third-order valence-electron chi connectivity index (χ3n) is 4.03. The normalized spacial score (nSPS) is 11.5.